The molecule has 0 bridgehead atoms. The molecule has 0 radical (unpaired) electrons. The Morgan fingerprint density at radius 1 is 1.38 bits per heavy atom. The van der Waals surface area contributed by atoms with Gasteiger partial charge in [-0.15, -0.1) is 0 Å². The Labute approximate surface area is 99.0 Å². The highest BCUT2D eigenvalue weighted by Crippen LogP contribution is 2.47. The highest BCUT2D eigenvalue weighted by atomic mass is 35.5. The normalized spacial score (nSPS) is 22.4. The van der Waals surface area contributed by atoms with E-state index in [1.807, 2.05) is 6.07 Å². The van der Waals surface area contributed by atoms with Crippen LogP contribution in [0.3, 0.4) is 0 Å². The number of halogens is 1. The molecule has 3 nitrogen and oxygen atoms in total. The zero-order valence-corrected chi connectivity index (χ0v) is 9.59. The van der Waals surface area contributed by atoms with Gasteiger partial charge in [-0.3, -0.25) is 0 Å². The minimum atomic E-state index is -0.679. The van der Waals surface area contributed by atoms with Crippen molar-refractivity contribution in [1.29, 1.82) is 0 Å². The van der Waals surface area contributed by atoms with Crippen molar-refractivity contribution in [3.05, 3.63) is 35.1 Å². The Balaban J connectivity index is 2.22. The van der Waals surface area contributed by atoms with Crippen LogP contribution in [0, 0.1) is 0 Å². The quantitative estimate of drug-likeness (QED) is 0.651. The van der Waals surface area contributed by atoms with Crippen molar-refractivity contribution in [3.8, 4) is 0 Å². The third-order valence-corrected chi connectivity index (χ3v) is 3.46. The number of allylic oxidation sites excluding steroid dienone is 1. The number of ether oxygens (including phenoxy) is 2. The van der Waals surface area contributed by atoms with E-state index in [1.54, 1.807) is 6.20 Å². The second kappa shape index (κ2) is 3.55. The average molecular weight is 238 g/mol. The number of fused-ring (bicyclic) bond motifs is 2. The smallest absolute Gasteiger partial charge is 0.198 e. The van der Waals surface area contributed by atoms with Gasteiger partial charge in [0.25, 0.3) is 0 Å². The summed E-state index contributed by atoms with van der Waals surface area (Å²) in [4.78, 5) is 4.11. The summed E-state index contributed by atoms with van der Waals surface area (Å²) < 4.78 is 11.5. The summed E-state index contributed by atoms with van der Waals surface area (Å²) in [6, 6.07) is 1.93. The van der Waals surface area contributed by atoms with Crippen molar-refractivity contribution in [2.45, 2.75) is 18.6 Å². The number of rotatable bonds is 0. The van der Waals surface area contributed by atoms with Crippen LogP contribution >= 0.6 is 11.6 Å². The topological polar surface area (TPSA) is 31.4 Å². The first kappa shape index (κ1) is 10.3. The van der Waals surface area contributed by atoms with Crippen LogP contribution in [0.5, 0.6) is 0 Å². The van der Waals surface area contributed by atoms with Crippen molar-refractivity contribution >= 4 is 17.2 Å². The molecule has 1 aromatic heterocycles. The Kier molecular flexibility index (Phi) is 2.28. The maximum Gasteiger partial charge on any atom is 0.198 e. The summed E-state index contributed by atoms with van der Waals surface area (Å²) in [5, 5.41) is 0.459. The maximum atomic E-state index is 6.16. The van der Waals surface area contributed by atoms with Gasteiger partial charge in [-0.05, 0) is 23.6 Å². The highest BCUT2D eigenvalue weighted by Gasteiger charge is 2.44. The molecule has 0 N–H and O–H groups in total. The molecular weight excluding hydrogens is 226 g/mol. The van der Waals surface area contributed by atoms with Gasteiger partial charge >= 0.3 is 0 Å². The van der Waals surface area contributed by atoms with Crippen LogP contribution < -0.4 is 0 Å². The van der Waals surface area contributed by atoms with Gasteiger partial charge in [0.1, 0.15) is 5.15 Å². The molecule has 1 aromatic rings. The zero-order valence-electron chi connectivity index (χ0n) is 8.83. The third-order valence-electron chi connectivity index (χ3n) is 3.18. The molecule has 2 aliphatic rings. The van der Waals surface area contributed by atoms with Crippen molar-refractivity contribution in [2.24, 2.45) is 0 Å². The standard InChI is InChI=1S/C12H12ClNO2/c1-8-2-4-12(15-6-7-16-12)10-9(8)3-5-14-11(10)13/h3,5H,1-2,4,6-7H2. The lowest BCUT2D eigenvalue weighted by molar-refractivity contribution is -0.171. The minimum Gasteiger partial charge on any atom is -0.343 e. The fourth-order valence-corrected chi connectivity index (χ4v) is 2.71. The van der Waals surface area contributed by atoms with E-state index in [4.69, 9.17) is 21.1 Å². The molecule has 0 saturated carbocycles. The number of pyridine rings is 1. The average Bonchev–Trinajstić information content (AvgIpc) is 2.74. The van der Waals surface area contributed by atoms with Crippen LogP contribution in [0.2, 0.25) is 5.15 Å². The van der Waals surface area contributed by atoms with E-state index < -0.39 is 5.79 Å². The molecule has 84 valence electrons. The van der Waals surface area contributed by atoms with Crippen LogP contribution in [0.4, 0.5) is 0 Å². The lowest BCUT2D eigenvalue weighted by Gasteiger charge is -2.34. The van der Waals surface area contributed by atoms with Crippen molar-refractivity contribution < 1.29 is 9.47 Å². The first-order chi connectivity index (χ1) is 7.73. The Morgan fingerprint density at radius 3 is 2.88 bits per heavy atom. The van der Waals surface area contributed by atoms with Crippen LogP contribution in [0.1, 0.15) is 24.0 Å². The predicted octanol–water partition coefficient (Wildman–Crippen LogP) is 2.74. The second-order valence-electron chi connectivity index (χ2n) is 4.08. The van der Waals surface area contributed by atoms with E-state index >= 15 is 0 Å². The minimum absolute atomic E-state index is 0.459. The highest BCUT2D eigenvalue weighted by molar-refractivity contribution is 6.30. The van der Waals surface area contributed by atoms with Gasteiger partial charge in [0.05, 0.1) is 18.8 Å². The largest absolute Gasteiger partial charge is 0.343 e. The molecule has 2 heterocycles. The zero-order chi connectivity index (χ0) is 11.2. The summed E-state index contributed by atoms with van der Waals surface area (Å²) >= 11 is 6.16. The molecule has 1 spiro atoms. The number of hydrogen-bond donors (Lipinski definition) is 0. The Bertz CT molecular complexity index is 452. The first-order valence-electron chi connectivity index (χ1n) is 5.34. The lowest BCUT2D eigenvalue weighted by Crippen LogP contribution is -2.32. The van der Waals surface area contributed by atoms with Gasteiger partial charge in [-0.25, -0.2) is 4.98 Å². The summed E-state index contributed by atoms with van der Waals surface area (Å²) in [6.07, 6.45) is 3.33. The molecule has 16 heavy (non-hydrogen) atoms. The van der Waals surface area contributed by atoms with E-state index in [-0.39, 0.29) is 0 Å². The fourth-order valence-electron chi connectivity index (χ4n) is 2.41. The molecule has 0 atom stereocenters. The van der Waals surface area contributed by atoms with Gasteiger partial charge in [0.15, 0.2) is 5.79 Å². The molecule has 0 unspecified atom stereocenters. The summed E-state index contributed by atoms with van der Waals surface area (Å²) in [5.74, 6) is -0.679. The maximum absolute atomic E-state index is 6.16. The summed E-state index contributed by atoms with van der Waals surface area (Å²) in [7, 11) is 0. The van der Waals surface area contributed by atoms with Crippen molar-refractivity contribution in [1.82, 2.24) is 4.98 Å². The fraction of sp³-hybridized carbons (Fsp3) is 0.417. The summed E-state index contributed by atoms with van der Waals surface area (Å²) in [6.45, 7) is 5.27. The molecule has 0 aromatic carbocycles. The molecule has 1 aliphatic heterocycles. The van der Waals surface area contributed by atoms with Gasteiger partial charge in [0, 0.05) is 12.6 Å². The van der Waals surface area contributed by atoms with E-state index in [0.717, 1.165) is 29.5 Å². The van der Waals surface area contributed by atoms with E-state index in [0.29, 0.717) is 18.4 Å². The number of aromatic nitrogens is 1. The predicted molar refractivity (Wildman–Crippen MR) is 61.1 cm³/mol. The van der Waals surface area contributed by atoms with Crippen LogP contribution in [-0.4, -0.2) is 18.2 Å². The van der Waals surface area contributed by atoms with Crippen LogP contribution in [0.15, 0.2) is 18.8 Å². The molecule has 3 rings (SSSR count). The molecule has 1 aliphatic carbocycles. The molecule has 4 heteroatoms. The lowest BCUT2D eigenvalue weighted by atomic mass is 9.85. The molecule has 1 fully saturated rings. The van der Waals surface area contributed by atoms with Crippen molar-refractivity contribution in [3.63, 3.8) is 0 Å². The Morgan fingerprint density at radius 2 is 2.12 bits per heavy atom. The van der Waals surface area contributed by atoms with E-state index in [2.05, 4.69) is 11.6 Å². The van der Waals surface area contributed by atoms with Gasteiger partial charge < -0.3 is 9.47 Å². The molecule has 1 saturated heterocycles. The Hall–Kier alpha value is -0.900. The number of hydrogen-bond acceptors (Lipinski definition) is 3. The van der Waals surface area contributed by atoms with E-state index in [9.17, 15) is 0 Å². The first-order valence-corrected chi connectivity index (χ1v) is 5.72. The summed E-state index contributed by atoms with van der Waals surface area (Å²) in [5.41, 5.74) is 2.95. The third kappa shape index (κ3) is 1.32. The van der Waals surface area contributed by atoms with Gasteiger partial charge in [-0.2, -0.15) is 0 Å². The van der Waals surface area contributed by atoms with E-state index in [1.165, 1.54) is 0 Å². The molecule has 0 amide bonds. The van der Waals surface area contributed by atoms with Crippen molar-refractivity contribution in [2.75, 3.05) is 13.2 Å². The number of nitrogens with zero attached hydrogens (tertiary/aromatic N) is 1. The van der Waals surface area contributed by atoms with Crippen LogP contribution in [-0.2, 0) is 15.3 Å². The SMILES string of the molecule is C=C1CCC2(OCCO2)c2c1ccnc2Cl. The monoisotopic (exact) mass is 237 g/mol. The molecular formula is C12H12ClNO2. The van der Waals surface area contributed by atoms with Gasteiger partial charge in [-0.1, -0.05) is 18.2 Å². The van der Waals surface area contributed by atoms with Gasteiger partial charge in [0.2, 0.25) is 0 Å². The van der Waals surface area contributed by atoms with Crippen LogP contribution in [0.25, 0.3) is 5.57 Å². The second-order valence-corrected chi connectivity index (χ2v) is 4.44.